The molecule has 0 radical (unpaired) electrons. The number of halogens is 3. The lowest BCUT2D eigenvalue weighted by atomic mass is 9.98. The van der Waals surface area contributed by atoms with Crippen molar-refractivity contribution in [1.82, 2.24) is 15.2 Å². The molecule has 1 aromatic carbocycles. The number of hydrogen-bond acceptors (Lipinski definition) is 5. The van der Waals surface area contributed by atoms with Gasteiger partial charge in [0.1, 0.15) is 11.7 Å². The van der Waals surface area contributed by atoms with E-state index in [1.807, 2.05) is 23.2 Å². The van der Waals surface area contributed by atoms with Crippen LogP contribution in [0.5, 0.6) is 0 Å². The van der Waals surface area contributed by atoms with Crippen molar-refractivity contribution in [2.75, 3.05) is 13.2 Å². The quantitative estimate of drug-likeness (QED) is 0.747. The van der Waals surface area contributed by atoms with Crippen LogP contribution >= 0.6 is 0 Å². The van der Waals surface area contributed by atoms with Crippen molar-refractivity contribution in [3.63, 3.8) is 0 Å². The molecule has 5 rings (SSSR count). The van der Waals surface area contributed by atoms with E-state index in [9.17, 15) is 18.0 Å². The van der Waals surface area contributed by atoms with Crippen LogP contribution in [0.25, 0.3) is 5.57 Å². The molecule has 4 heterocycles. The fourth-order valence-electron chi connectivity index (χ4n) is 4.37. The summed E-state index contributed by atoms with van der Waals surface area (Å²) in [6, 6.07) is 6.55. The Morgan fingerprint density at radius 3 is 2.70 bits per heavy atom. The maximum absolute atomic E-state index is 14.6. The molecular weight excluding hydrogens is 433 g/mol. The van der Waals surface area contributed by atoms with Gasteiger partial charge in [-0.25, -0.2) is 13.2 Å². The van der Waals surface area contributed by atoms with Gasteiger partial charge in [-0.2, -0.15) is 0 Å². The summed E-state index contributed by atoms with van der Waals surface area (Å²) in [4.78, 5) is 24.0. The highest BCUT2D eigenvalue weighted by molar-refractivity contribution is 6.24. The van der Waals surface area contributed by atoms with Crippen molar-refractivity contribution in [1.29, 1.82) is 0 Å². The molecule has 0 saturated carbocycles. The van der Waals surface area contributed by atoms with Crippen molar-refractivity contribution in [3.8, 4) is 0 Å². The average Bonchev–Trinajstić information content (AvgIpc) is 3.40. The van der Waals surface area contributed by atoms with Crippen LogP contribution in [0.2, 0.25) is 0 Å². The summed E-state index contributed by atoms with van der Waals surface area (Å²) in [6.45, 7) is 2.53. The van der Waals surface area contributed by atoms with Gasteiger partial charge in [-0.1, -0.05) is 18.2 Å². The number of allylic oxidation sites excluding steroid dienone is 2. The number of nitrogens with one attached hydrogen (secondary N) is 1. The first kappa shape index (κ1) is 21.4. The van der Waals surface area contributed by atoms with Crippen LogP contribution in [0.4, 0.5) is 13.2 Å². The molecule has 170 valence electrons. The summed E-state index contributed by atoms with van der Waals surface area (Å²) >= 11 is 0. The SMILES string of the molecule is C[C@@H](NC(=O)C1=CC(c2ccncc2)=CN2C1=N[C@H]1COC[C@H]12)c1cccc(C(F)F)c1F. The van der Waals surface area contributed by atoms with E-state index in [0.717, 1.165) is 17.2 Å². The average molecular weight is 454 g/mol. The zero-order valence-electron chi connectivity index (χ0n) is 17.7. The number of hydrogen-bond donors (Lipinski definition) is 1. The first-order valence-electron chi connectivity index (χ1n) is 10.6. The van der Waals surface area contributed by atoms with E-state index in [2.05, 4.69) is 10.3 Å². The summed E-state index contributed by atoms with van der Waals surface area (Å²) in [5.74, 6) is -0.951. The molecule has 0 spiro atoms. The maximum atomic E-state index is 14.6. The smallest absolute Gasteiger partial charge is 0.266 e. The number of rotatable bonds is 5. The van der Waals surface area contributed by atoms with Gasteiger partial charge in [-0.15, -0.1) is 0 Å². The summed E-state index contributed by atoms with van der Waals surface area (Å²) in [6.07, 6.45) is 4.07. The molecule has 33 heavy (non-hydrogen) atoms. The summed E-state index contributed by atoms with van der Waals surface area (Å²) in [5, 5.41) is 2.75. The molecule has 2 aromatic rings. The van der Waals surface area contributed by atoms with Gasteiger partial charge in [0.25, 0.3) is 12.3 Å². The third-order valence-corrected chi connectivity index (χ3v) is 6.10. The zero-order chi connectivity index (χ0) is 23.1. The number of alkyl halides is 2. The van der Waals surface area contributed by atoms with E-state index in [1.54, 1.807) is 25.4 Å². The Bertz CT molecular complexity index is 1180. The molecule has 3 aliphatic rings. The molecule has 1 amide bonds. The Morgan fingerprint density at radius 1 is 1.18 bits per heavy atom. The topological polar surface area (TPSA) is 66.8 Å². The minimum atomic E-state index is -2.94. The Labute approximate surface area is 188 Å². The summed E-state index contributed by atoms with van der Waals surface area (Å²) in [7, 11) is 0. The van der Waals surface area contributed by atoms with Gasteiger partial charge in [-0.05, 0) is 36.3 Å². The molecule has 0 aliphatic carbocycles. The van der Waals surface area contributed by atoms with Crippen molar-refractivity contribution in [2.45, 2.75) is 31.5 Å². The number of pyridine rings is 1. The minimum Gasteiger partial charge on any atom is -0.377 e. The van der Waals surface area contributed by atoms with Gasteiger partial charge in [0.15, 0.2) is 0 Å². The lowest BCUT2D eigenvalue weighted by molar-refractivity contribution is -0.117. The van der Waals surface area contributed by atoms with Crippen LogP contribution in [0, 0.1) is 5.82 Å². The van der Waals surface area contributed by atoms with Gasteiger partial charge in [0.2, 0.25) is 0 Å². The zero-order valence-corrected chi connectivity index (χ0v) is 17.7. The van der Waals surface area contributed by atoms with Crippen molar-refractivity contribution in [2.24, 2.45) is 4.99 Å². The maximum Gasteiger partial charge on any atom is 0.266 e. The molecule has 1 saturated heterocycles. The van der Waals surface area contributed by atoms with Crippen LogP contribution < -0.4 is 5.32 Å². The Morgan fingerprint density at radius 2 is 1.94 bits per heavy atom. The second kappa shape index (κ2) is 8.47. The van der Waals surface area contributed by atoms with Crippen LogP contribution in [0.15, 0.2) is 65.6 Å². The number of fused-ring (bicyclic) bond motifs is 3. The first-order valence-corrected chi connectivity index (χ1v) is 10.6. The standard InChI is InChI=1S/C24H21F3N4O2/c1-13(16-3-2-4-17(21(16)25)22(26)27)29-24(32)18-9-15(14-5-7-28-8-6-14)10-31-20-12-33-11-19(20)30-23(18)31/h2-10,13,19-20,22H,11-12H2,1H3,(H,29,32)/t13-,19+,20-/m1/s1. The van der Waals surface area contributed by atoms with Gasteiger partial charge in [0, 0.05) is 24.2 Å². The number of benzene rings is 1. The van der Waals surface area contributed by atoms with Gasteiger partial charge >= 0.3 is 0 Å². The highest BCUT2D eigenvalue weighted by Crippen LogP contribution is 2.34. The van der Waals surface area contributed by atoms with E-state index in [1.165, 1.54) is 12.1 Å². The number of carbonyl (C=O) groups excluding carboxylic acids is 1. The summed E-state index contributed by atoms with van der Waals surface area (Å²) < 4.78 is 46.4. The van der Waals surface area contributed by atoms with E-state index in [4.69, 9.17) is 9.73 Å². The Hall–Kier alpha value is -3.46. The van der Waals surface area contributed by atoms with E-state index < -0.39 is 29.8 Å². The second-order valence-electron chi connectivity index (χ2n) is 8.16. The van der Waals surface area contributed by atoms with Gasteiger partial charge in [-0.3, -0.25) is 14.8 Å². The van der Waals surface area contributed by atoms with E-state index >= 15 is 0 Å². The Kier molecular flexibility index (Phi) is 5.49. The number of carbonyl (C=O) groups is 1. The molecule has 0 bridgehead atoms. The molecule has 9 heteroatoms. The fourth-order valence-corrected chi connectivity index (χ4v) is 4.37. The molecule has 6 nitrogen and oxygen atoms in total. The van der Waals surface area contributed by atoms with Crippen LogP contribution in [0.3, 0.4) is 0 Å². The predicted molar refractivity (Wildman–Crippen MR) is 116 cm³/mol. The third-order valence-electron chi connectivity index (χ3n) is 6.10. The number of ether oxygens (including phenoxy) is 1. The van der Waals surface area contributed by atoms with E-state index in [0.29, 0.717) is 24.6 Å². The van der Waals surface area contributed by atoms with E-state index in [-0.39, 0.29) is 17.6 Å². The normalized spacial score (nSPS) is 22.3. The fraction of sp³-hybridized carbons (Fsp3) is 0.292. The molecule has 3 atom stereocenters. The molecular formula is C24H21F3N4O2. The predicted octanol–water partition coefficient (Wildman–Crippen LogP) is 3.80. The van der Waals surface area contributed by atoms with Crippen LogP contribution in [0.1, 0.15) is 36.1 Å². The van der Waals surface area contributed by atoms with Crippen LogP contribution in [-0.4, -0.2) is 46.9 Å². The van der Waals surface area contributed by atoms with Gasteiger partial charge < -0.3 is 15.0 Å². The van der Waals surface area contributed by atoms with Crippen LogP contribution in [-0.2, 0) is 9.53 Å². The number of amidine groups is 1. The molecule has 1 N–H and O–H groups in total. The van der Waals surface area contributed by atoms with Gasteiger partial charge in [0.05, 0.1) is 42.5 Å². The second-order valence-corrected chi connectivity index (χ2v) is 8.16. The number of amides is 1. The largest absolute Gasteiger partial charge is 0.377 e. The molecule has 3 aliphatic heterocycles. The lowest BCUT2D eigenvalue weighted by Crippen LogP contribution is -2.41. The number of aliphatic imine (C=N–C) groups is 1. The van der Waals surface area contributed by atoms with Crippen molar-refractivity contribution in [3.05, 3.63) is 83.1 Å². The lowest BCUT2D eigenvalue weighted by Gasteiger charge is -2.28. The monoisotopic (exact) mass is 454 g/mol. The third kappa shape index (κ3) is 3.82. The number of nitrogens with zero attached hydrogens (tertiary/aromatic N) is 3. The van der Waals surface area contributed by atoms with Crippen molar-refractivity contribution >= 4 is 17.3 Å². The highest BCUT2D eigenvalue weighted by Gasteiger charge is 2.43. The summed E-state index contributed by atoms with van der Waals surface area (Å²) in [5.41, 5.74) is 1.31. The first-order chi connectivity index (χ1) is 15.9. The molecule has 1 aromatic heterocycles. The van der Waals surface area contributed by atoms with Crippen molar-refractivity contribution < 1.29 is 22.7 Å². The highest BCUT2D eigenvalue weighted by atomic mass is 19.3. The Balaban J connectivity index is 1.47. The number of aromatic nitrogens is 1. The molecule has 0 unspecified atom stereocenters. The minimum absolute atomic E-state index is 0.00190. The molecule has 1 fully saturated rings.